The molecule has 0 saturated carbocycles. The molecule has 5 heteroatoms. The highest BCUT2D eigenvalue weighted by Crippen LogP contribution is 2.32. The second kappa shape index (κ2) is 5.10. The number of carbonyl (C=O) groups is 1. The number of carbonyl (C=O) groups excluding carboxylic acids is 1. The molecule has 0 aliphatic carbocycles. The van der Waals surface area contributed by atoms with E-state index in [-0.39, 0.29) is 18.1 Å². The topological polar surface area (TPSA) is 54.5 Å². The summed E-state index contributed by atoms with van der Waals surface area (Å²) < 4.78 is 6.14. The number of nitrogens with one attached hydrogen (secondary N) is 1. The van der Waals surface area contributed by atoms with Gasteiger partial charge in [-0.3, -0.25) is 9.78 Å². The molecular formula is C17H17N3O2. The first kappa shape index (κ1) is 13.3. The van der Waals surface area contributed by atoms with E-state index in [2.05, 4.69) is 10.3 Å². The van der Waals surface area contributed by atoms with E-state index in [1.165, 1.54) is 0 Å². The standard InChI is InChI=1S/C17H17N3O2/c1-20-14-9-19-10-16(14)22-15-7-11(4-5-13(15)17(20)21)12-3-2-6-18-8-12/h2-8,14,16,19H,9-10H2,1H3. The molecule has 0 radical (unpaired) electrons. The summed E-state index contributed by atoms with van der Waals surface area (Å²) in [5.74, 6) is 0.679. The van der Waals surface area contributed by atoms with E-state index >= 15 is 0 Å². The summed E-state index contributed by atoms with van der Waals surface area (Å²) in [5.41, 5.74) is 2.65. The molecular weight excluding hydrogens is 278 g/mol. The third kappa shape index (κ3) is 2.05. The second-order valence-electron chi connectivity index (χ2n) is 5.75. The number of pyridine rings is 1. The molecule has 0 bridgehead atoms. The lowest BCUT2D eigenvalue weighted by molar-refractivity contribution is 0.0683. The Bertz CT molecular complexity index is 717. The highest BCUT2D eigenvalue weighted by molar-refractivity contribution is 5.98. The summed E-state index contributed by atoms with van der Waals surface area (Å²) >= 11 is 0. The number of hydrogen-bond donors (Lipinski definition) is 1. The van der Waals surface area contributed by atoms with Crippen LogP contribution in [0.5, 0.6) is 5.75 Å². The average Bonchev–Trinajstić information content (AvgIpc) is 2.99. The van der Waals surface area contributed by atoms with Crippen LogP contribution in [-0.2, 0) is 0 Å². The van der Waals surface area contributed by atoms with Gasteiger partial charge in [0.15, 0.2) is 0 Å². The summed E-state index contributed by atoms with van der Waals surface area (Å²) in [6.07, 6.45) is 3.56. The number of benzene rings is 1. The number of nitrogens with zero attached hydrogens (tertiary/aromatic N) is 2. The van der Waals surface area contributed by atoms with Gasteiger partial charge in [-0.1, -0.05) is 12.1 Å². The summed E-state index contributed by atoms with van der Waals surface area (Å²) in [6, 6.07) is 9.73. The van der Waals surface area contributed by atoms with E-state index in [1.54, 1.807) is 11.1 Å². The second-order valence-corrected chi connectivity index (χ2v) is 5.75. The fourth-order valence-corrected chi connectivity index (χ4v) is 3.16. The minimum absolute atomic E-state index is 0.000603. The lowest BCUT2D eigenvalue weighted by Gasteiger charge is -2.24. The largest absolute Gasteiger partial charge is 0.486 e. The van der Waals surface area contributed by atoms with Crippen LogP contribution in [0.25, 0.3) is 11.1 Å². The zero-order valence-electron chi connectivity index (χ0n) is 12.3. The molecule has 3 heterocycles. The van der Waals surface area contributed by atoms with E-state index in [0.29, 0.717) is 11.3 Å². The molecule has 0 spiro atoms. The van der Waals surface area contributed by atoms with Crippen molar-refractivity contribution in [2.75, 3.05) is 20.1 Å². The quantitative estimate of drug-likeness (QED) is 0.867. The predicted octanol–water partition coefficient (Wildman–Crippen LogP) is 1.55. The Morgan fingerprint density at radius 2 is 2.18 bits per heavy atom. The number of fused-ring (bicyclic) bond motifs is 2. The molecule has 5 nitrogen and oxygen atoms in total. The maximum atomic E-state index is 12.6. The van der Waals surface area contributed by atoms with Crippen LogP contribution < -0.4 is 10.1 Å². The van der Waals surface area contributed by atoms with Gasteiger partial charge >= 0.3 is 0 Å². The van der Waals surface area contributed by atoms with Crippen molar-refractivity contribution in [2.24, 2.45) is 0 Å². The molecule has 1 amide bonds. The number of aromatic nitrogens is 1. The van der Waals surface area contributed by atoms with E-state index in [0.717, 1.165) is 24.2 Å². The molecule has 1 fully saturated rings. The van der Waals surface area contributed by atoms with Crippen molar-refractivity contribution in [3.8, 4) is 16.9 Å². The molecule has 2 atom stereocenters. The molecule has 4 rings (SSSR count). The van der Waals surface area contributed by atoms with Gasteiger partial charge in [-0.05, 0) is 23.8 Å². The first-order chi connectivity index (χ1) is 10.7. The number of rotatable bonds is 1. The summed E-state index contributed by atoms with van der Waals surface area (Å²) in [4.78, 5) is 18.6. The molecule has 22 heavy (non-hydrogen) atoms. The molecule has 1 saturated heterocycles. The van der Waals surface area contributed by atoms with Crippen molar-refractivity contribution in [1.82, 2.24) is 15.2 Å². The van der Waals surface area contributed by atoms with Crippen molar-refractivity contribution in [1.29, 1.82) is 0 Å². The molecule has 1 aromatic carbocycles. The van der Waals surface area contributed by atoms with Gasteiger partial charge in [-0.15, -0.1) is 0 Å². The van der Waals surface area contributed by atoms with E-state index in [4.69, 9.17) is 4.74 Å². The lowest BCUT2D eigenvalue weighted by Crippen LogP contribution is -2.44. The normalized spacial score (nSPS) is 23.5. The van der Waals surface area contributed by atoms with Crippen molar-refractivity contribution in [3.63, 3.8) is 0 Å². The van der Waals surface area contributed by atoms with Gasteiger partial charge in [0.2, 0.25) is 0 Å². The molecule has 2 unspecified atom stereocenters. The van der Waals surface area contributed by atoms with Gasteiger partial charge in [0.05, 0.1) is 11.6 Å². The monoisotopic (exact) mass is 295 g/mol. The summed E-state index contributed by atoms with van der Waals surface area (Å²) in [6.45, 7) is 1.54. The van der Waals surface area contributed by atoms with Crippen molar-refractivity contribution in [3.05, 3.63) is 48.3 Å². The molecule has 1 aromatic heterocycles. The van der Waals surface area contributed by atoms with Gasteiger partial charge in [0.1, 0.15) is 11.9 Å². The number of hydrogen-bond acceptors (Lipinski definition) is 4. The summed E-state index contributed by atoms with van der Waals surface area (Å²) in [5, 5.41) is 3.29. The highest BCUT2D eigenvalue weighted by Gasteiger charge is 2.38. The van der Waals surface area contributed by atoms with E-state index < -0.39 is 0 Å². The number of likely N-dealkylation sites (N-methyl/N-ethyl adjacent to an activating group) is 1. The van der Waals surface area contributed by atoms with Crippen LogP contribution in [0.15, 0.2) is 42.7 Å². The van der Waals surface area contributed by atoms with E-state index in [1.807, 2.05) is 43.6 Å². The lowest BCUT2D eigenvalue weighted by atomic mass is 10.0. The zero-order chi connectivity index (χ0) is 15.1. The Kier molecular flexibility index (Phi) is 3.08. The fourth-order valence-electron chi connectivity index (χ4n) is 3.16. The van der Waals surface area contributed by atoms with Gasteiger partial charge < -0.3 is 15.0 Å². The SMILES string of the molecule is CN1C(=O)c2ccc(-c3cccnc3)cc2OC2CNCC21. The Balaban J connectivity index is 1.78. The Labute approximate surface area is 128 Å². The van der Waals surface area contributed by atoms with Crippen LogP contribution in [0.4, 0.5) is 0 Å². The maximum absolute atomic E-state index is 12.6. The van der Waals surface area contributed by atoms with Crippen LogP contribution in [0, 0.1) is 0 Å². The predicted molar refractivity (Wildman–Crippen MR) is 82.8 cm³/mol. The van der Waals surface area contributed by atoms with Gasteiger partial charge in [0, 0.05) is 38.1 Å². The first-order valence-corrected chi connectivity index (χ1v) is 7.43. The highest BCUT2D eigenvalue weighted by atomic mass is 16.5. The van der Waals surface area contributed by atoms with Crippen molar-refractivity contribution >= 4 is 5.91 Å². The zero-order valence-corrected chi connectivity index (χ0v) is 12.3. The minimum atomic E-state index is -0.000603. The molecule has 2 aliphatic heterocycles. The molecule has 112 valence electrons. The third-order valence-corrected chi connectivity index (χ3v) is 4.43. The van der Waals surface area contributed by atoms with Crippen molar-refractivity contribution < 1.29 is 9.53 Å². The van der Waals surface area contributed by atoms with E-state index in [9.17, 15) is 4.79 Å². The van der Waals surface area contributed by atoms with Gasteiger partial charge in [-0.2, -0.15) is 0 Å². The molecule has 2 aliphatic rings. The van der Waals surface area contributed by atoms with Crippen LogP contribution in [0.3, 0.4) is 0 Å². The Morgan fingerprint density at radius 3 is 3.00 bits per heavy atom. The smallest absolute Gasteiger partial charge is 0.257 e. The first-order valence-electron chi connectivity index (χ1n) is 7.43. The maximum Gasteiger partial charge on any atom is 0.257 e. The van der Waals surface area contributed by atoms with Gasteiger partial charge in [0.25, 0.3) is 5.91 Å². The third-order valence-electron chi connectivity index (χ3n) is 4.43. The molecule has 1 N–H and O–H groups in total. The minimum Gasteiger partial charge on any atom is -0.486 e. The fraction of sp³-hybridized carbons (Fsp3) is 0.294. The number of ether oxygens (including phenoxy) is 1. The van der Waals surface area contributed by atoms with Crippen LogP contribution in [0.2, 0.25) is 0 Å². The van der Waals surface area contributed by atoms with Crippen LogP contribution >= 0.6 is 0 Å². The average molecular weight is 295 g/mol. The van der Waals surface area contributed by atoms with Crippen LogP contribution in [-0.4, -0.2) is 48.1 Å². The Hall–Kier alpha value is -2.40. The van der Waals surface area contributed by atoms with Crippen LogP contribution in [0.1, 0.15) is 10.4 Å². The van der Waals surface area contributed by atoms with Gasteiger partial charge in [-0.25, -0.2) is 0 Å². The molecule has 2 aromatic rings. The Morgan fingerprint density at radius 1 is 1.27 bits per heavy atom. The summed E-state index contributed by atoms with van der Waals surface area (Å²) in [7, 11) is 1.85. The number of amides is 1. The van der Waals surface area contributed by atoms with Crippen molar-refractivity contribution in [2.45, 2.75) is 12.1 Å².